The molecule has 16 heavy (non-hydrogen) atoms. The Balaban J connectivity index is 3.72. The molecule has 0 saturated heterocycles. The predicted octanol–water partition coefficient (Wildman–Crippen LogP) is 3.00. The summed E-state index contributed by atoms with van der Waals surface area (Å²) >= 11 is 0. The minimum atomic E-state index is -0.692. The molecule has 0 aliphatic carbocycles. The maximum Gasteiger partial charge on any atom is 0.309 e. The molecule has 0 amide bonds. The maximum atomic E-state index is 10.9. The van der Waals surface area contributed by atoms with Crippen LogP contribution < -0.4 is 0 Å². The average Bonchev–Trinajstić information content (AvgIpc) is 2.22. The van der Waals surface area contributed by atoms with Gasteiger partial charge in [-0.1, -0.05) is 13.3 Å². The van der Waals surface area contributed by atoms with E-state index in [0.29, 0.717) is 6.04 Å². The molecule has 0 rings (SSSR count). The van der Waals surface area contributed by atoms with Gasteiger partial charge in [0.1, 0.15) is 0 Å². The predicted molar refractivity (Wildman–Crippen MR) is 67.7 cm³/mol. The Kier molecular flexibility index (Phi) is 6.65. The molecule has 1 unspecified atom stereocenters. The Morgan fingerprint density at radius 2 is 1.94 bits per heavy atom. The first-order valence-corrected chi connectivity index (χ1v) is 6.25. The molecule has 0 bridgehead atoms. The molecule has 0 saturated carbocycles. The normalized spacial score (nSPS) is 14.1. The molecule has 0 aromatic heterocycles. The second kappa shape index (κ2) is 6.89. The molecular weight excluding hydrogens is 202 g/mol. The van der Waals surface area contributed by atoms with E-state index in [1.807, 2.05) is 0 Å². The van der Waals surface area contributed by atoms with Gasteiger partial charge in [-0.2, -0.15) is 0 Å². The Labute approximate surface area is 99.8 Å². The first-order valence-electron chi connectivity index (χ1n) is 6.25. The summed E-state index contributed by atoms with van der Waals surface area (Å²) in [5.41, 5.74) is -0.574. The van der Waals surface area contributed by atoms with Crippen LogP contribution in [0.3, 0.4) is 0 Å². The van der Waals surface area contributed by atoms with Crippen LogP contribution in [-0.4, -0.2) is 35.6 Å². The molecule has 0 aliphatic heterocycles. The van der Waals surface area contributed by atoms with Crippen molar-refractivity contribution in [1.82, 2.24) is 4.90 Å². The van der Waals surface area contributed by atoms with Crippen LogP contribution in [0.5, 0.6) is 0 Å². The summed E-state index contributed by atoms with van der Waals surface area (Å²) in [5, 5.41) is 8.97. The average molecular weight is 229 g/mol. The highest BCUT2D eigenvalue weighted by atomic mass is 16.4. The van der Waals surface area contributed by atoms with Crippen LogP contribution in [0.1, 0.15) is 53.4 Å². The van der Waals surface area contributed by atoms with E-state index >= 15 is 0 Å². The quantitative estimate of drug-likeness (QED) is 0.650. The smallest absolute Gasteiger partial charge is 0.309 e. The van der Waals surface area contributed by atoms with Crippen LogP contribution in [0.4, 0.5) is 0 Å². The van der Waals surface area contributed by atoms with Gasteiger partial charge in [-0.05, 0) is 53.6 Å². The summed E-state index contributed by atoms with van der Waals surface area (Å²) < 4.78 is 0. The lowest BCUT2D eigenvalue weighted by Gasteiger charge is -2.24. The molecule has 3 nitrogen and oxygen atoms in total. The van der Waals surface area contributed by atoms with Crippen molar-refractivity contribution in [2.24, 2.45) is 5.41 Å². The van der Waals surface area contributed by atoms with E-state index in [-0.39, 0.29) is 0 Å². The van der Waals surface area contributed by atoms with Crippen LogP contribution in [0.25, 0.3) is 0 Å². The van der Waals surface area contributed by atoms with E-state index in [4.69, 9.17) is 5.11 Å². The van der Waals surface area contributed by atoms with Crippen molar-refractivity contribution in [3.05, 3.63) is 0 Å². The number of carbonyl (C=O) groups is 1. The lowest BCUT2D eigenvalue weighted by molar-refractivity contribution is -0.147. The number of aliphatic carboxylic acids is 1. The standard InChI is InChI=1S/C13H27NO2/c1-6-11(2)14(5)10-8-7-9-13(3,4)12(15)16/h11H,6-10H2,1-5H3,(H,15,16). The van der Waals surface area contributed by atoms with Gasteiger partial charge in [-0.3, -0.25) is 4.79 Å². The van der Waals surface area contributed by atoms with Crippen molar-refractivity contribution in [1.29, 1.82) is 0 Å². The molecule has 0 aromatic rings. The lowest BCUT2D eigenvalue weighted by Crippen LogP contribution is -2.29. The molecule has 1 N–H and O–H groups in total. The number of nitrogens with zero attached hydrogens (tertiary/aromatic N) is 1. The summed E-state index contributed by atoms with van der Waals surface area (Å²) in [6.07, 6.45) is 3.99. The number of carboxylic acid groups (broad SMARTS) is 1. The summed E-state index contributed by atoms with van der Waals surface area (Å²) in [4.78, 5) is 13.2. The minimum absolute atomic E-state index is 0.574. The van der Waals surface area contributed by atoms with Gasteiger partial charge in [-0.15, -0.1) is 0 Å². The number of rotatable bonds is 8. The molecule has 0 spiro atoms. The zero-order chi connectivity index (χ0) is 12.8. The maximum absolute atomic E-state index is 10.9. The summed E-state index contributed by atoms with van der Waals surface area (Å²) in [6, 6.07) is 0.618. The number of carboxylic acids is 1. The van der Waals surface area contributed by atoms with Crippen molar-refractivity contribution >= 4 is 5.97 Å². The van der Waals surface area contributed by atoms with Gasteiger partial charge in [0.15, 0.2) is 0 Å². The SMILES string of the molecule is CCC(C)N(C)CCCCC(C)(C)C(=O)O. The van der Waals surface area contributed by atoms with Crippen LogP contribution >= 0.6 is 0 Å². The molecule has 1 atom stereocenters. The third-order valence-electron chi connectivity index (χ3n) is 3.48. The molecule has 3 heteroatoms. The molecule has 0 radical (unpaired) electrons. The monoisotopic (exact) mass is 229 g/mol. The van der Waals surface area contributed by atoms with Gasteiger partial charge >= 0.3 is 5.97 Å². The van der Waals surface area contributed by atoms with E-state index in [2.05, 4.69) is 25.8 Å². The molecule has 0 aliphatic rings. The number of hydrogen-bond donors (Lipinski definition) is 1. The lowest BCUT2D eigenvalue weighted by atomic mass is 9.87. The van der Waals surface area contributed by atoms with Gasteiger partial charge in [0.2, 0.25) is 0 Å². The Bertz CT molecular complexity index is 214. The van der Waals surface area contributed by atoms with Gasteiger partial charge in [0, 0.05) is 6.04 Å². The van der Waals surface area contributed by atoms with Crippen molar-refractivity contribution in [3.63, 3.8) is 0 Å². The minimum Gasteiger partial charge on any atom is -0.481 e. The van der Waals surface area contributed by atoms with Crippen molar-refractivity contribution in [3.8, 4) is 0 Å². The fraction of sp³-hybridized carbons (Fsp3) is 0.923. The van der Waals surface area contributed by atoms with Gasteiger partial charge < -0.3 is 10.0 Å². The molecular formula is C13H27NO2. The molecule has 0 aromatic carbocycles. The zero-order valence-electron chi connectivity index (χ0n) is 11.4. The van der Waals surface area contributed by atoms with Crippen molar-refractivity contribution in [2.45, 2.75) is 59.4 Å². The zero-order valence-corrected chi connectivity index (χ0v) is 11.4. The summed E-state index contributed by atoms with van der Waals surface area (Å²) in [5.74, 6) is -0.692. The van der Waals surface area contributed by atoms with Crippen LogP contribution in [0.2, 0.25) is 0 Å². The highest BCUT2D eigenvalue weighted by Crippen LogP contribution is 2.23. The molecule has 0 heterocycles. The summed E-state index contributed by atoms with van der Waals surface area (Å²) in [7, 11) is 2.14. The van der Waals surface area contributed by atoms with Gasteiger partial charge in [-0.25, -0.2) is 0 Å². The molecule has 96 valence electrons. The van der Waals surface area contributed by atoms with E-state index in [1.54, 1.807) is 13.8 Å². The van der Waals surface area contributed by atoms with Gasteiger partial charge in [0.25, 0.3) is 0 Å². The first-order chi connectivity index (χ1) is 7.31. The highest BCUT2D eigenvalue weighted by Gasteiger charge is 2.26. The summed E-state index contributed by atoms with van der Waals surface area (Å²) in [6.45, 7) is 9.07. The number of hydrogen-bond acceptors (Lipinski definition) is 2. The molecule has 0 fully saturated rings. The Morgan fingerprint density at radius 1 is 1.38 bits per heavy atom. The first kappa shape index (κ1) is 15.4. The van der Waals surface area contributed by atoms with E-state index in [1.165, 1.54) is 0 Å². The highest BCUT2D eigenvalue weighted by molar-refractivity contribution is 5.73. The number of unbranched alkanes of at least 4 members (excludes halogenated alkanes) is 1. The Morgan fingerprint density at radius 3 is 2.38 bits per heavy atom. The largest absolute Gasteiger partial charge is 0.481 e. The van der Waals surface area contributed by atoms with Crippen molar-refractivity contribution in [2.75, 3.05) is 13.6 Å². The van der Waals surface area contributed by atoms with Gasteiger partial charge in [0.05, 0.1) is 5.41 Å². The van der Waals surface area contributed by atoms with Crippen molar-refractivity contribution < 1.29 is 9.90 Å². The van der Waals surface area contributed by atoms with Crippen LogP contribution in [-0.2, 0) is 4.79 Å². The third-order valence-corrected chi connectivity index (χ3v) is 3.48. The fourth-order valence-corrected chi connectivity index (χ4v) is 1.57. The Hall–Kier alpha value is -0.570. The second-order valence-electron chi connectivity index (χ2n) is 5.38. The fourth-order valence-electron chi connectivity index (χ4n) is 1.57. The van der Waals surface area contributed by atoms with Crippen LogP contribution in [0.15, 0.2) is 0 Å². The second-order valence-corrected chi connectivity index (χ2v) is 5.38. The van der Waals surface area contributed by atoms with E-state index in [9.17, 15) is 4.79 Å². The van der Waals surface area contributed by atoms with Crippen LogP contribution in [0, 0.1) is 5.41 Å². The topological polar surface area (TPSA) is 40.5 Å². The third kappa shape index (κ3) is 5.50. The van der Waals surface area contributed by atoms with E-state index < -0.39 is 11.4 Å². The van der Waals surface area contributed by atoms with E-state index in [0.717, 1.165) is 32.2 Å².